The maximum absolute atomic E-state index is 13.6. The summed E-state index contributed by atoms with van der Waals surface area (Å²) in [6.07, 6.45) is 0. The van der Waals surface area contributed by atoms with Crippen LogP contribution in [0.2, 0.25) is 0 Å². The summed E-state index contributed by atoms with van der Waals surface area (Å²) in [7, 11) is 1.80. The van der Waals surface area contributed by atoms with Crippen molar-refractivity contribution in [3.05, 3.63) is 107 Å². The second kappa shape index (κ2) is 11.8. The quantitative estimate of drug-likeness (QED) is 0.240. The molecule has 208 valence electrons. The molecule has 0 saturated carbocycles. The Balaban J connectivity index is 1.43. The number of carbonyl (C=O) groups is 1. The van der Waals surface area contributed by atoms with Crippen molar-refractivity contribution in [2.75, 3.05) is 11.9 Å². The summed E-state index contributed by atoms with van der Waals surface area (Å²) in [6.45, 7) is 6.60. The number of nitrogens with one attached hydrogen (secondary N) is 2. The molecule has 0 radical (unpaired) electrons. The van der Waals surface area contributed by atoms with Crippen LogP contribution >= 0.6 is 12.2 Å². The van der Waals surface area contributed by atoms with Crippen molar-refractivity contribution in [2.24, 2.45) is 13.0 Å². The number of thiocarbonyl (C=S) groups is 1. The highest BCUT2D eigenvalue weighted by atomic mass is 32.1. The largest absolute Gasteiger partial charge is 0.493 e. The van der Waals surface area contributed by atoms with Crippen molar-refractivity contribution in [1.29, 1.82) is 0 Å². The molecule has 0 aliphatic heterocycles. The van der Waals surface area contributed by atoms with Crippen LogP contribution in [0, 0.1) is 12.8 Å². The molecule has 2 heterocycles. The molecule has 3 aromatic carbocycles. The van der Waals surface area contributed by atoms with Crippen molar-refractivity contribution in [3.63, 3.8) is 0 Å². The van der Waals surface area contributed by atoms with E-state index in [1.165, 1.54) is 0 Å². The number of hydrogen-bond donors (Lipinski definition) is 2. The van der Waals surface area contributed by atoms with Gasteiger partial charge >= 0.3 is 0 Å². The number of anilines is 1. The van der Waals surface area contributed by atoms with Gasteiger partial charge in [0.1, 0.15) is 11.4 Å². The molecule has 0 atom stereocenters. The van der Waals surface area contributed by atoms with Gasteiger partial charge in [0.05, 0.1) is 34.8 Å². The lowest BCUT2D eigenvalue weighted by molar-refractivity contribution is 0.0979. The zero-order chi connectivity index (χ0) is 29.1. The summed E-state index contributed by atoms with van der Waals surface area (Å²) in [4.78, 5) is 31.7. The van der Waals surface area contributed by atoms with Crippen LogP contribution < -0.4 is 20.9 Å². The standard InChI is InChI=1S/C32H31N5O3S/c1-20(2)19-40-24-14-10-11-22(17-24)28-18-26(25-15-8-9-16-27(25)33-28)30(38)35-32(41)34-29-21(3)36(4)37(31(29)39)23-12-6-5-7-13-23/h5-18,20H,19H2,1-4H3,(H2,34,35,38,41). The summed E-state index contributed by atoms with van der Waals surface area (Å²) in [5.41, 5.74) is 3.96. The molecule has 9 heteroatoms. The van der Waals surface area contributed by atoms with Crippen LogP contribution in [0.5, 0.6) is 5.75 Å². The van der Waals surface area contributed by atoms with E-state index in [0.717, 1.165) is 17.0 Å². The first-order valence-electron chi connectivity index (χ1n) is 13.3. The Morgan fingerprint density at radius 3 is 2.49 bits per heavy atom. The van der Waals surface area contributed by atoms with Gasteiger partial charge in [-0.15, -0.1) is 0 Å². The summed E-state index contributed by atoms with van der Waals surface area (Å²) in [5, 5.41) is 6.41. The van der Waals surface area contributed by atoms with Gasteiger partial charge in [-0.2, -0.15) is 0 Å². The molecule has 0 bridgehead atoms. The maximum atomic E-state index is 13.6. The van der Waals surface area contributed by atoms with Gasteiger partial charge in [0.15, 0.2) is 5.11 Å². The number of para-hydroxylation sites is 2. The predicted molar refractivity (Wildman–Crippen MR) is 167 cm³/mol. The van der Waals surface area contributed by atoms with Crippen LogP contribution in [-0.4, -0.2) is 32.0 Å². The highest BCUT2D eigenvalue weighted by Gasteiger charge is 2.20. The molecule has 0 aliphatic rings. The molecule has 0 aliphatic carbocycles. The molecule has 2 N–H and O–H groups in total. The maximum Gasteiger partial charge on any atom is 0.295 e. The fourth-order valence-electron chi connectivity index (χ4n) is 4.55. The van der Waals surface area contributed by atoms with Crippen LogP contribution in [0.3, 0.4) is 0 Å². The summed E-state index contributed by atoms with van der Waals surface area (Å²) in [5.74, 6) is 0.722. The van der Waals surface area contributed by atoms with E-state index in [2.05, 4.69) is 24.5 Å². The molecule has 1 amide bonds. The van der Waals surface area contributed by atoms with Crippen molar-refractivity contribution in [3.8, 4) is 22.7 Å². The highest BCUT2D eigenvalue weighted by molar-refractivity contribution is 7.80. The van der Waals surface area contributed by atoms with Crippen molar-refractivity contribution in [2.45, 2.75) is 20.8 Å². The number of carbonyl (C=O) groups excluding carboxylic acids is 1. The van der Waals surface area contributed by atoms with Crippen molar-refractivity contribution in [1.82, 2.24) is 19.7 Å². The van der Waals surface area contributed by atoms with Gasteiger partial charge in [0.2, 0.25) is 0 Å². The third-order valence-electron chi connectivity index (χ3n) is 6.69. The Hall–Kier alpha value is -4.76. The van der Waals surface area contributed by atoms with E-state index in [1.54, 1.807) is 22.5 Å². The molecule has 0 unspecified atom stereocenters. The van der Waals surface area contributed by atoms with Gasteiger partial charge in [0, 0.05) is 18.0 Å². The number of pyridine rings is 1. The first-order valence-corrected chi connectivity index (χ1v) is 13.7. The van der Waals surface area contributed by atoms with Crippen molar-refractivity contribution < 1.29 is 9.53 Å². The van der Waals surface area contributed by atoms with Crippen molar-refractivity contribution >= 4 is 39.8 Å². The summed E-state index contributed by atoms with van der Waals surface area (Å²) >= 11 is 5.48. The van der Waals surface area contributed by atoms with Gasteiger partial charge in [-0.1, -0.05) is 62.4 Å². The SMILES string of the molecule is Cc1c(NC(=S)NC(=O)c2cc(-c3cccc(OCC(C)C)c3)nc3ccccc23)c(=O)n(-c2ccccc2)n1C. The fourth-order valence-corrected chi connectivity index (χ4v) is 4.74. The topological polar surface area (TPSA) is 90.2 Å². The number of rotatable bonds is 7. The summed E-state index contributed by atoms with van der Waals surface area (Å²) in [6, 6.07) is 26.2. The first kappa shape index (κ1) is 27.8. The normalized spacial score (nSPS) is 11.0. The number of aromatic nitrogens is 3. The van der Waals surface area contributed by atoms with Crippen LogP contribution in [0.4, 0.5) is 5.69 Å². The predicted octanol–water partition coefficient (Wildman–Crippen LogP) is 5.86. The Morgan fingerprint density at radius 2 is 1.73 bits per heavy atom. The molecule has 2 aromatic heterocycles. The first-order chi connectivity index (χ1) is 19.7. The van der Waals surface area contributed by atoms with E-state index in [-0.39, 0.29) is 10.7 Å². The Bertz CT molecular complexity index is 1810. The minimum absolute atomic E-state index is 0.0209. The molecule has 5 rings (SSSR count). The molecule has 0 spiro atoms. The molecule has 5 aromatic rings. The van der Waals surface area contributed by atoms with Gasteiger partial charge in [0.25, 0.3) is 11.5 Å². The second-order valence-corrected chi connectivity index (χ2v) is 10.6. The van der Waals surface area contributed by atoms with Crippen LogP contribution in [0.25, 0.3) is 27.8 Å². The third-order valence-corrected chi connectivity index (χ3v) is 6.90. The Labute approximate surface area is 243 Å². The van der Waals surface area contributed by atoms with Gasteiger partial charge in [-0.25, -0.2) is 9.67 Å². The van der Waals surface area contributed by atoms with E-state index in [4.69, 9.17) is 21.9 Å². The monoisotopic (exact) mass is 565 g/mol. The van der Waals surface area contributed by atoms with Crippen LogP contribution in [0.1, 0.15) is 29.9 Å². The average molecular weight is 566 g/mol. The number of hydrogen-bond acceptors (Lipinski definition) is 5. The lowest BCUT2D eigenvalue weighted by atomic mass is 10.0. The Kier molecular flexibility index (Phi) is 7.98. The smallest absolute Gasteiger partial charge is 0.295 e. The van der Waals surface area contributed by atoms with Gasteiger partial charge < -0.3 is 10.1 Å². The molecule has 0 saturated heterocycles. The zero-order valence-electron chi connectivity index (χ0n) is 23.3. The second-order valence-electron chi connectivity index (χ2n) is 10.1. The third kappa shape index (κ3) is 5.90. The zero-order valence-corrected chi connectivity index (χ0v) is 24.2. The van der Waals surface area contributed by atoms with E-state index in [9.17, 15) is 9.59 Å². The van der Waals surface area contributed by atoms with E-state index in [1.807, 2.05) is 85.8 Å². The van der Waals surface area contributed by atoms with Crippen LogP contribution in [-0.2, 0) is 7.05 Å². The molecule has 8 nitrogen and oxygen atoms in total. The molecule has 41 heavy (non-hydrogen) atoms. The molecular formula is C32H31N5O3S. The number of nitrogens with zero attached hydrogens (tertiary/aromatic N) is 3. The van der Waals surface area contributed by atoms with Gasteiger partial charge in [-0.3, -0.25) is 19.6 Å². The van der Waals surface area contributed by atoms with E-state index in [0.29, 0.717) is 46.1 Å². The Morgan fingerprint density at radius 1 is 1.00 bits per heavy atom. The highest BCUT2D eigenvalue weighted by Crippen LogP contribution is 2.27. The lowest BCUT2D eigenvalue weighted by Gasteiger charge is -2.13. The van der Waals surface area contributed by atoms with Crippen LogP contribution in [0.15, 0.2) is 89.7 Å². The number of fused-ring (bicyclic) bond motifs is 1. The van der Waals surface area contributed by atoms with Gasteiger partial charge in [-0.05, 0) is 61.5 Å². The number of ether oxygens (including phenoxy) is 1. The summed E-state index contributed by atoms with van der Waals surface area (Å²) < 4.78 is 9.19. The molecule has 0 fully saturated rings. The van der Waals surface area contributed by atoms with E-state index < -0.39 is 5.91 Å². The fraction of sp³-hybridized carbons (Fsp3) is 0.188. The van der Waals surface area contributed by atoms with E-state index >= 15 is 0 Å². The minimum atomic E-state index is -0.411. The molecular weight excluding hydrogens is 534 g/mol. The lowest BCUT2D eigenvalue weighted by Crippen LogP contribution is -2.35. The number of amides is 1. The minimum Gasteiger partial charge on any atom is -0.493 e. The number of benzene rings is 3. The average Bonchev–Trinajstić information content (AvgIpc) is 3.18.